The topological polar surface area (TPSA) is 98.3 Å². The largest absolute Gasteiger partial charge is 0.416 e. The highest BCUT2D eigenvalue weighted by Crippen LogP contribution is 2.34. The minimum Gasteiger partial charge on any atom is -0.386 e. The zero-order valence-electron chi connectivity index (χ0n) is 16.1. The second-order valence-electron chi connectivity index (χ2n) is 6.10. The Morgan fingerprint density at radius 2 is 2.03 bits per heavy atom. The van der Waals surface area contributed by atoms with Crippen molar-refractivity contribution in [2.24, 2.45) is 0 Å². The third kappa shape index (κ3) is 5.74. The number of aromatic nitrogens is 3. The lowest BCUT2D eigenvalue weighted by atomic mass is 10.1. The van der Waals surface area contributed by atoms with Gasteiger partial charge in [0.2, 0.25) is 0 Å². The molecule has 2 N–H and O–H groups in total. The van der Waals surface area contributed by atoms with Crippen molar-refractivity contribution in [1.82, 2.24) is 15.2 Å². The Bertz CT molecular complexity index is 1130. The summed E-state index contributed by atoms with van der Waals surface area (Å²) in [6, 6.07) is 10.3. The summed E-state index contributed by atoms with van der Waals surface area (Å²) >= 11 is 2.17. The molecule has 1 aromatic carbocycles. The first-order valence-electron chi connectivity index (χ1n) is 8.77. The highest BCUT2D eigenvalue weighted by atomic mass is 32.2. The van der Waals surface area contributed by atoms with Gasteiger partial charge in [-0.05, 0) is 47.7 Å². The second-order valence-corrected chi connectivity index (χ2v) is 8.34. The van der Waals surface area contributed by atoms with Crippen molar-refractivity contribution >= 4 is 33.6 Å². The van der Waals surface area contributed by atoms with E-state index in [0.717, 1.165) is 41.2 Å². The molecule has 2 aromatic heterocycles. The Morgan fingerprint density at radius 1 is 1.23 bits per heavy atom. The molecule has 0 aliphatic carbocycles. The molecule has 0 atom stereocenters. The van der Waals surface area contributed by atoms with Gasteiger partial charge in [0.1, 0.15) is 9.40 Å². The van der Waals surface area contributed by atoms with Gasteiger partial charge < -0.3 is 5.32 Å². The van der Waals surface area contributed by atoms with Gasteiger partial charge in [-0.1, -0.05) is 17.8 Å². The van der Waals surface area contributed by atoms with Crippen molar-refractivity contribution in [3.05, 3.63) is 65.5 Å². The van der Waals surface area contributed by atoms with Crippen molar-refractivity contribution in [1.29, 1.82) is 10.7 Å². The number of hydrogen-bond acceptors (Lipinski definition) is 8. The number of anilines is 1. The fourth-order valence-electron chi connectivity index (χ4n) is 2.53. The normalized spacial score (nSPS) is 11.1. The lowest BCUT2D eigenvalue weighted by Crippen LogP contribution is -2.06. The van der Waals surface area contributed by atoms with E-state index in [-0.39, 0.29) is 15.7 Å². The van der Waals surface area contributed by atoms with Gasteiger partial charge >= 0.3 is 6.18 Å². The third-order valence-electron chi connectivity index (χ3n) is 4.09. The Morgan fingerprint density at radius 3 is 2.68 bits per heavy atom. The summed E-state index contributed by atoms with van der Waals surface area (Å²) in [6.07, 6.45) is -1.18. The molecule has 0 saturated carbocycles. The van der Waals surface area contributed by atoms with Crippen LogP contribution in [-0.4, -0.2) is 26.6 Å². The summed E-state index contributed by atoms with van der Waals surface area (Å²) in [5, 5.41) is 29.3. The number of hydrogen-bond donors (Lipinski definition) is 2. The first kappa shape index (κ1) is 22.6. The fraction of sp³-hybridized carbons (Fsp3) is 0.150. The van der Waals surface area contributed by atoms with Crippen LogP contribution in [0.15, 0.2) is 53.8 Å². The van der Waals surface area contributed by atoms with Gasteiger partial charge in [-0.15, -0.1) is 10.2 Å². The van der Waals surface area contributed by atoms with Gasteiger partial charge in [-0.25, -0.2) is 0 Å². The van der Waals surface area contributed by atoms with E-state index in [1.807, 2.05) is 6.07 Å². The molecule has 0 unspecified atom stereocenters. The van der Waals surface area contributed by atoms with Crippen molar-refractivity contribution in [3.63, 3.8) is 0 Å². The zero-order valence-corrected chi connectivity index (χ0v) is 17.7. The average molecular weight is 461 g/mol. The van der Waals surface area contributed by atoms with E-state index in [2.05, 4.69) is 20.5 Å². The van der Waals surface area contributed by atoms with Crippen LogP contribution in [0.25, 0.3) is 11.3 Å². The molecule has 0 bridgehead atoms. The number of alkyl halides is 3. The molecule has 0 spiro atoms. The molecule has 0 saturated heterocycles. The second kappa shape index (κ2) is 9.80. The minimum absolute atomic E-state index is 0.0587. The highest BCUT2D eigenvalue weighted by molar-refractivity contribution is 8.38. The number of nitrogens with one attached hydrogen (secondary N) is 2. The van der Waals surface area contributed by atoms with E-state index in [1.54, 1.807) is 37.6 Å². The molecule has 31 heavy (non-hydrogen) atoms. The van der Waals surface area contributed by atoms with Crippen molar-refractivity contribution in [3.8, 4) is 17.3 Å². The van der Waals surface area contributed by atoms with Gasteiger partial charge in [0.05, 0.1) is 28.6 Å². The fourth-order valence-corrected chi connectivity index (χ4v) is 4.25. The van der Waals surface area contributed by atoms with E-state index in [1.165, 1.54) is 6.07 Å². The minimum atomic E-state index is -4.51. The summed E-state index contributed by atoms with van der Waals surface area (Å²) in [7, 11) is 1.73. The van der Waals surface area contributed by atoms with E-state index < -0.39 is 11.7 Å². The van der Waals surface area contributed by atoms with Crippen LogP contribution in [0.1, 0.15) is 16.7 Å². The summed E-state index contributed by atoms with van der Waals surface area (Å²) < 4.78 is 38.6. The molecular formula is C20H15F3N6S2. The number of halogens is 3. The standard InChI is InChI=1S/C20H15F3N6S2/c1-26-17-8-16(12-3-2-6-27-10-12)28-29-18(17)31-19(25)30-11-13-4-5-15(20(21,22)23)7-14(13)9-24/h2-8,10,25H,11H2,1H3,(H,26,28). The quantitative estimate of drug-likeness (QED) is 0.298. The molecule has 11 heteroatoms. The van der Waals surface area contributed by atoms with E-state index in [4.69, 9.17) is 5.41 Å². The van der Waals surface area contributed by atoms with Crippen molar-refractivity contribution in [2.45, 2.75) is 17.0 Å². The molecule has 0 radical (unpaired) electrons. The van der Waals surface area contributed by atoms with Gasteiger partial charge in [0.25, 0.3) is 0 Å². The van der Waals surface area contributed by atoms with Crippen LogP contribution < -0.4 is 5.32 Å². The Balaban J connectivity index is 1.69. The van der Waals surface area contributed by atoms with Crippen LogP contribution in [0.4, 0.5) is 18.9 Å². The predicted molar refractivity (Wildman–Crippen MR) is 116 cm³/mol. The molecule has 2 heterocycles. The molecule has 0 aliphatic heterocycles. The summed E-state index contributed by atoms with van der Waals surface area (Å²) in [6.45, 7) is 0. The maximum atomic E-state index is 12.8. The summed E-state index contributed by atoms with van der Waals surface area (Å²) in [5.74, 6) is 0.183. The SMILES string of the molecule is CNc1cc(-c2cccnc2)nnc1SC(=N)SCc1ccc(C(F)(F)F)cc1C#N. The van der Waals surface area contributed by atoms with E-state index in [9.17, 15) is 18.4 Å². The van der Waals surface area contributed by atoms with Crippen LogP contribution in [0.2, 0.25) is 0 Å². The maximum Gasteiger partial charge on any atom is 0.416 e. The molecule has 3 aromatic rings. The summed E-state index contributed by atoms with van der Waals surface area (Å²) in [5.41, 5.74) is 1.61. The van der Waals surface area contributed by atoms with Crippen LogP contribution in [-0.2, 0) is 11.9 Å². The lowest BCUT2D eigenvalue weighted by Gasteiger charge is -2.11. The predicted octanol–water partition coefficient (Wildman–Crippen LogP) is 5.43. The summed E-state index contributed by atoms with van der Waals surface area (Å²) in [4.78, 5) is 4.06. The van der Waals surface area contributed by atoms with Gasteiger partial charge in [-0.3, -0.25) is 10.4 Å². The first-order chi connectivity index (χ1) is 14.8. The van der Waals surface area contributed by atoms with Gasteiger partial charge in [-0.2, -0.15) is 18.4 Å². The Hall–Kier alpha value is -3.10. The number of pyridine rings is 1. The maximum absolute atomic E-state index is 12.8. The van der Waals surface area contributed by atoms with Crippen molar-refractivity contribution < 1.29 is 13.2 Å². The van der Waals surface area contributed by atoms with Gasteiger partial charge in [0, 0.05) is 30.8 Å². The number of thioether (sulfide) groups is 2. The molecule has 0 amide bonds. The number of nitriles is 1. The highest BCUT2D eigenvalue weighted by Gasteiger charge is 2.31. The lowest BCUT2D eigenvalue weighted by molar-refractivity contribution is -0.137. The third-order valence-corrected chi connectivity index (χ3v) is 6.09. The molecule has 0 aliphatic rings. The Kier molecular flexibility index (Phi) is 7.14. The Labute approximate surface area is 184 Å². The van der Waals surface area contributed by atoms with Gasteiger partial charge in [0.15, 0.2) is 0 Å². The van der Waals surface area contributed by atoms with Crippen molar-refractivity contribution in [2.75, 3.05) is 12.4 Å². The monoisotopic (exact) mass is 460 g/mol. The average Bonchev–Trinajstić information content (AvgIpc) is 2.77. The van der Waals surface area contributed by atoms with E-state index in [0.29, 0.717) is 22.0 Å². The zero-order chi connectivity index (χ0) is 22.4. The molecule has 6 nitrogen and oxygen atoms in total. The van der Waals surface area contributed by atoms with Crippen LogP contribution >= 0.6 is 23.5 Å². The molecular weight excluding hydrogens is 445 g/mol. The van der Waals surface area contributed by atoms with E-state index >= 15 is 0 Å². The molecule has 0 fully saturated rings. The first-order valence-corrected chi connectivity index (χ1v) is 10.6. The van der Waals surface area contributed by atoms with Crippen LogP contribution in [0.5, 0.6) is 0 Å². The molecule has 3 rings (SSSR count). The number of rotatable bonds is 5. The number of benzene rings is 1. The number of nitrogens with zero attached hydrogens (tertiary/aromatic N) is 4. The molecule has 158 valence electrons. The smallest absolute Gasteiger partial charge is 0.386 e. The van der Waals surface area contributed by atoms with Crippen LogP contribution in [0.3, 0.4) is 0 Å². The van der Waals surface area contributed by atoms with Crippen LogP contribution in [0, 0.1) is 16.7 Å².